The maximum atomic E-state index is 13.4. The molecule has 0 saturated carbocycles. The Labute approximate surface area is 273 Å². The molecule has 0 spiro atoms. The van der Waals surface area contributed by atoms with Gasteiger partial charge in [0.15, 0.2) is 5.76 Å². The van der Waals surface area contributed by atoms with Gasteiger partial charge in [-0.15, -0.1) is 10.2 Å². The molecule has 1 fully saturated rings. The minimum Gasteiger partial charge on any atom is -0.455 e. The third-order valence-electron chi connectivity index (χ3n) is 8.36. The third kappa shape index (κ3) is 6.81. The van der Waals surface area contributed by atoms with Gasteiger partial charge in [-0.25, -0.2) is 0 Å². The Bertz CT molecular complexity index is 1810. The molecule has 0 N–H and O–H groups in total. The molecule has 0 aliphatic carbocycles. The number of benzene rings is 4. The van der Waals surface area contributed by atoms with Crippen molar-refractivity contribution in [3.63, 3.8) is 0 Å². The topological polar surface area (TPSA) is 62.5 Å². The Hall–Kier alpha value is -4.98. The lowest BCUT2D eigenvalue weighted by Crippen LogP contribution is -2.49. The summed E-state index contributed by atoms with van der Waals surface area (Å²) in [4.78, 5) is 17.7. The molecule has 1 aliphatic heterocycles. The van der Waals surface area contributed by atoms with Gasteiger partial charge in [-0.1, -0.05) is 127 Å². The molecule has 1 amide bonds. The van der Waals surface area contributed by atoms with Crippen molar-refractivity contribution >= 4 is 17.7 Å². The zero-order valence-corrected chi connectivity index (χ0v) is 26.2. The Kier molecular flexibility index (Phi) is 9.03. The number of amides is 1. The van der Waals surface area contributed by atoms with Crippen molar-refractivity contribution < 1.29 is 9.21 Å². The van der Waals surface area contributed by atoms with Crippen LogP contribution >= 0.6 is 11.8 Å². The van der Waals surface area contributed by atoms with Gasteiger partial charge >= 0.3 is 0 Å². The zero-order chi connectivity index (χ0) is 31.1. The molecule has 6 nitrogen and oxygen atoms in total. The standard InChI is InChI=1S/C39H34N4O2S/c44-39(43-26-24-42(25-27-43)38(32-12-6-2-7-13-32)33-14-8-3-9-15-33)36-22-20-34(45-36)28-46-37-23-21-35(40-41-37)31-18-16-30(17-19-31)29-10-4-1-5-11-29/h1-23,38H,24-28H2. The van der Waals surface area contributed by atoms with E-state index >= 15 is 0 Å². The van der Waals surface area contributed by atoms with E-state index in [1.54, 1.807) is 6.07 Å². The second kappa shape index (κ2) is 14.0. The number of hydrogen-bond acceptors (Lipinski definition) is 6. The smallest absolute Gasteiger partial charge is 0.289 e. The van der Waals surface area contributed by atoms with E-state index in [9.17, 15) is 4.79 Å². The monoisotopic (exact) mass is 622 g/mol. The van der Waals surface area contributed by atoms with Crippen molar-refractivity contribution in [1.82, 2.24) is 20.0 Å². The molecular formula is C39H34N4O2S. The fourth-order valence-electron chi connectivity index (χ4n) is 5.95. The van der Waals surface area contributed by atoms with Gasteiger partial charge in [0, 0.05) is 31.7 Å². The number of thioether (sulfide) groups is 1. The van der Waals surface area contributed by atoms with Gasteiger partial charge in [0.25, 0.3) is 5.91 Å². The van der Waals surface area contributed by atoms with Gasteiger partial charge in [-0.3, -0.25) is 9.69 Å². The largest absolute Gasteiger partial charge is 0.455 e. The van der Waals surface area contributed by atoms with Crippen LogP contribution in [0.5, 0.6) is 0 Å². The van der Waals surface area contributed by atoms with E-state index in [4.69, 9.17) is 4.42 Å². The maximum Gasteiger partial charge on any atom is 0.289 e. The molecular weight excluding hydrogens is 589 g/mol. The summed E-state index contributed by atoms with van der Waals surface area (Å²) >= 11 is 1.54. The molecule has 0 radical (unpaired) electrons. The van der Waals surface area contributed by atoms with Crippen LogP contribution in [0.25, 0.3) is 22.4 Å². The molecule has 228 valence electrons. The minimum absolute atomic E-state index is 0.0608. The van der Waals surface area contributed by atoms with E-state index < -0.39 is 0 Å². The van der Waals surface area contributed by atoms with E-state index in [0.29, 0.717) is 24.6 Å². The van der Waals surface area contributed by atoms with Crippen molar-refractivity contribution in [3.8, 4) is 22.4 Å². The zero-order valence-electron chi connectivity index (χ0n) is 25.4. The van der Waals surface area contributed by atoms with Gasteiger partial charge in [0.2, 0.25) is 0 Å². The first-order valence-electron chi connectivity index (χ1n) is 15.6. The summed E-state index contributed by atoms with van der Waals surface area (Å²) in [6.45, 7) is 2.87. The average Bonchev–Trinajstić information content (AvgIpc) is 3.62. The lowest BCUT2D eigenvalue weighted by molar-refractivity contribution is 0.0566. The first-order chi connectivity index (χ1) is 22.7. The number of nitrogens with zero attached hydrogens (tertiary/aromatic N) is 4. The molecule has 7 heteroatoms. The highest BCUT2D eigenvalue weighted by molar-refractivity contribution is 7.98. The first-order valence-corrected chi connectivity index (χ1v) is 16.5. The summed E-state index contributed by atoms with van der Waals surface area (Å²) in [7, 11) is 0. The lowest BCUT2D eigenvalue weighted by atomic mass is 9.96. The molecule has 0 bridgehead atoms. The summed E-state index contributed by atoms with van der Waals surface area (Å²) in [6, 6.07) is 47.7. The summed E-state index contributed by atoms with van der Waals surface area (Å²) in [6.07, 6.45) is 0. The van der Waals surface area contributed by atoms with Crippen LogP contribution in [-0.2, 0) is 5.75 Å². The Morgan fingerprint density at radius 3 is 1.83 bits per heavy atom. The lowest BCUT2D eigenvalue weighted by Gasteiger charge is -2.39. The fourth-order valence-corrected chi connectivity index (χ4v) is 6.66. The molecule has 0 atom stereocenters. The van der Waals surface area contributed by atoms with E-state index in [1.165, 1.54) is 34.0 Å². The highest BCUT2D eigenvalue weighted by Crippen LogP contribution is 2.30. The average molecular weight is 623 g/mol. The Balaban J connectivity index is 0.932. The van der Waals surface area contributed by atoms with Gasteiger partial charge in [0.1, 0.15) is 10.8 Å². The second-order valence-corrected chi connectivity index (χ2v) is 12.3. The predicted octanol–water partition coefficient (Wildman–Crippen LogP) is 8.24. The Morgan fingerprint density at radius 1 is 0.630 bits per heavy atom. The third-order valence-corrected chi connectivity index (χ3v) is 9.30. The van der Waals surface area contributed by atoms with E-state index in [0.717, 1.165) is 35.1 Å². The number of aromatic nitrogens is 2. The van der Waals surface area contributed by atoms with Crippen LogP contribution in [0.3, 0.4) is 0 Å². The quantitative estimate of drug-likeness (QED) is 0.151. The number of rotatable bonds is 9. The van der Waals surface area contributed by atoms with Crippen molar-refractivity contribution in [2.75, 3.05) is 26.2 Å². The van der Waals surface area contributed by atoms with Gasteiger partial charge in [-0.2, -0.15) is 0 Å². The van der Waals surface area contributed by atoms with Crippen LogP contribution in [-0.4, -0.2) is 52.1 Å². The Morgan fingerprint density at radius 2 is 1.22 bits per heavy atom. The molecule has 2 aromatic heterocycles. The van der Waals surface area contributed by atoms with Crippen LogP contribution in [0, 0.1) is 0 Å². The maximum absolute atomic E-state index is 13.4. The SMILES string of the molecule is O=C(c1ccc(CSc2ccc(-c3ccc(-c4ccccc4)cc3)nn2)o1)N1CCN(C(c2ccccc2)c2ccccc2)CC1. The number of furan rings is 1. The summed E-state index contributed by atoms with van der Waals surface area (Å²) in [5, 5.41) is 9.67. The molecule has 1 saturated heterocycles. The van der Waals surface area contributed by atoms with Crippen molar-refractivity contribution in [2.24, 2.45) is 0 Å². The number of carbonyl (C=O) groups excluding carboxylic acids is 1. The van der Waals surface area contributed by atoms with Crippen LogP contribution < -0.4 is 0 Å². The highest BCUT2D eigenvalue weighted by atomic mass is 32.2. The van der Waals surface area contributed by atoms with Crippen LogP contribution in [0.15, 0.2) is 149 Å². The number of hydrogen-bond donors (Lipinski definition) is 0. The highest BCUT2D eigenvalue weighted by Gasteiger charge is 2.29. The van der Waals surface area contributed by atoms with E-state index in [-0.39, 0.29) is 11.9 Å². The number of carbonyl (C=O) groups is 1. The molecule has 7 rings (SSSR count). The first kappa shape index (κ1) is 29.7. The molecule has 1 aliphatic rings. The fraction of sp³-hybridized carbons (Fsp3) is 0.154. The van der Waals surface area contributed by atoms with Crippen LogP contribution in [0.1, 0.15) is 33.5 Å². The van der Waals surface area contributed by atoms with E-state index in [2.05, 4.69) is 112 Å². The summed E-state index contributed by atoms with van der Waals surface area (Å²) in [5.41, 5.74) is 6.73. The normalized spacial score (nSPS) is 13.6. The molecule has 4 aromatic carbocycles. The molecule has 46 heavy (non-hydrogen) atoms. The van der Waals surface area contributed by atoms with Crippen molar-refractivity contribution in [2.45, 2.75) is 16.8 Å². The second-order valence-electron chi connectivity index (χ2n) is 11.3. The van der Waals surface area contributed by atoms with Crippen LogP contribution in [0.2, 0.25) is 0 Å². The molecule has 0 unspecified atom stereocenters. The predicted molar refractivity (Wildman–Crippen MR) is 183 cm³/mol. The minimum atomic E-state index is -0.0608. The van der Waals surface area contributed by atoms with Crippen molar-refractivity contribution in [1.29, 1.82) is 0 Å². The van der Waals surface area contributed by atoms with Gasteiger partial charge in [-0.05, 0) is 46.5 Å². The van der Waals surface area contributed by atoms with Crippen molar-refractivity contribution in [3.05, 3.63) is 162 Å². The van der Waals surface area contributed by atoms with E-state index in [1.807, 2.05) is 41.3 Å². The number of piperazine rings is 1. The molecule has 3 heterocycles. The summed E-state index contributed by atoms with van der Waals surface area (Å²) < 4.78 is 6.00. The summed E-state index contributed by atoms with van der Waals surface area (Å²) in [5.74, 6) is 1.63. The van der Waals surface area contributed by atoms with Gasteiger partial charge in [0.05, 0.1) is 17.5 Å². The van der Waals surface area contributed by atoms with Gasteiger partial charge < -0.3 is 9.32 Å². The molecule has 6 aromatic rings. The van der Waals surface area contributed by atoms with Crippen LogP contribution in [0.4, 0.5) is 0 Å².